The number of nitrogens with one attached hydrogen (secondary N) is 1. The molecule has 2 atom stereocenters. The van der Waals surface area contributed by atoms with Crippen LogP contribution in [0.15, 0.2) is 6.20 Å². The molecule has 0 radical (unpaired) electrons. The first-order valence-corrected chi connectivity index (χ1v) is 6.95. The van der Waals surface area contributed by atoms with Crippen molar-refractivity contribution >= 4 is 11.6 Å². The topological polar surface area (TPSA) is 29.9 Å². The summed E-state index contributed by atoms with van der Waals surface area (Å²) < 4.78 is 2.01. The van der Waals surface area contributed by atoms with Gasteiger partial charge >= 0.3 is 0 Å². The normalized spacial score (nSPS) is 19.3. The van der Waals surface area contributed by atoms with E-state index in [0.29, 0.717) is 11.8 Å². The molecular weight excluding hydrogens is 234 g/mol. The summed E-state index contributed by atoms with van der Waals surface area (Å²) in [4.78, 5) is 0. The average molecular weight is 256 g/mol. The third-order valence-corrected chi connectivity index (χ3v) is 4.01. The Labute approximate surface area is 109 Å². The maximum absolute atomic E-state index is 6.23. The molecule has 1 heterocycles. The Morgan fingerprint density at radius 2 is 2.24 bits per heavy atom. The van der Waals surface area contributed by atoms with Gasteiger partial charge in [0.05, 0.1) is 16.9 Å². The second-order valence-electron chi connectivity index (χ2n) is 5.14. The van der Waals surface area contributed by atoms with Gasteiger partial charge in [0.2, 0.25) is 0 Å². The Bertz CT molecular complexity index is 371. The van der Waals surface area contributed by atoms with Crippen LogP contribution in [0.2, 0.25) is 5.02 Å². The summed E-state index contributed by atoms with van der Waals surface area (Å²) in [5.41, 5.74) is 1.18. The van der Waals surface area contributed by atoms with E-state index in [2.05, 4.69) is 31.2 Å². The first-order chi connectivity index (χ1) is 8.13. The molecule has 2 rings (SSSR count). The monoisotopic (exact) mass is 255 g/mol. The van der Waals surface area contributed by atoms with E-state index in [1.807, 2.05) is 4.68 Å². The van der Waals surface area contributed by atoms with E-state index in [0.717, 1.165) is 24.2 Å². The van der Waals surface area contributed by atoms with E-state index >= 15 is 0 Å². The molecule has 17 heavy (non-hydrogen) atoms. The van der Waals surface area contributed by atoms with Crippen LogP contribution in [0.1, 0.15) is 45.2 Å². The van der Waals surface area contributed by atoms with Crippen LogP contribution in [-0.2, 0) is 6.54 Å². The van der Waals surface area contributed by atoms with Gasteiger partial charge in [0.1, 0.15) is 0 Å². The minimum atomic E-state index is 0.441. The van der Waals surface area contributed by atoms with Crippen molar-refractivity contribution in [3.8, 4) is 0 Å². The highest BCUT2D eigenvalue weighted by Crippen LogP contribution is 2.30. The van der Waals surface area contributed by atoms with Crippen LogP contribution in [0, 0.1) is 5.92 Å². The molecule has 1 aliphatic rings. The highest BCUT2D eigenvalue weighted by Gasteiger charge is 2.25. The van der Waals surface area contributed by atoms with Crippen LogP contribution < -0.4 is 5.32 Å². The molecule has 0 saturated heterocycles. The van der Waals surface area contributed by atoms with Crippen LogP contribution >= 0.6 is 11.6 Å². The highest BCUT2D eigenvalue weighted by atomic mass is 35.5. The fraction of sp³-hybridized carbons (Fsp3) is 0.769. The molecule has 1 aromatic heterocycles. The largest absolute Gasteiger partial charge is 0.314 e. The molecule has 0 aliphatic heterocycles. The van der Waals surface area contributed by atoms with Gasteiger partial charge < -0.3 is 5.32 Å². The quantitative estimate of drug-likeness (QED) is 0.847. The molecule has 3 nitrogen and oxygen atoms in total. The zero-order chi connectivity index (χ0) is 12.4. The number of aryl methyl sites for hydroxylation is 1. The smallest absolute Gasteiger partial charge is 0.0820 e. The second-order valence-corrected chi connectivity index (χ2v) is 5.55. The van der Waals surface area contributed by atoms with Gasteiger partial charge in [-0.25, -0.2) is 0 Å². The van der Waals surface area contributed by atoms with Crippen molar-refractivity contribution in [3.05, 3.63) is 16.9 Å². The van der Waals surface area contributed by atoms with E-state index in [1.165, 1.54) is 18.5 Å². The van der Waals surface area contributed by atoms with Gasteiger partial charge in [-0.2, -0.15) is 5.10 Å². The summed E-state index contributed by atoms with van der Waals surface area (Å²) >= 11 is 6.23. The molecule has 4 heteroatoms. The third-order valence-electron chi connectivity index (χ3n) is 3.72. The molecule has 1 N–H and O–H groups in total. The summed E-state index contributed by atoms with van der Waals surface area (Å²) in [5, 5.41) is 8.70. The van der Waals surface area contributed by atoms with Crippen molar-refractivity contribution in [2.45, 2.75) is 52.1 Å². The minimum Gasteiger partial charge on any atom is -0.314 e. The summed E-state index contributed by atoms with van der Waals surface area (Å²) in [7, 11) is 0. The maximum Gasteiger partial charge on any atom is 0.0820 e. The van der Waals surface area contributed by atoms with Gasteiger partial charge in [0.25, 0.3) is 0 Å². The average Bonchev–Trinajstić information content (AvgIpc) is 3.08. The summed E-state index contributed by atoms with van der Waals surface area (Å²) in [6, 6.07) is 0.774. The Morgan fingerprint density at radius 1 is 1.53 bits per heavy atom. The van der Waals surface area contributed by atoms with E-state index in [1.54, 1.807) is 6.20 Å². The Hall–Kier alpha value is -0.540. The Balaban J connectivity index is 2.00. The summed E-state index contributed by atoms with van der Waals surface area (Å²) in [6.07, 6.45) is 4.45. The zero-order valence-electron chi connectivity index (χ0n) is 10.9. The molecule has 1 fully saturated rings. The van der Waals surface area contributed by atoms with Crippen molar-refractivity contribution in [2.24, 2.45) is 5.92 Å². The molecule has 1 saturated carbocycles. The molecule has 1 aliphatic carbocycles. The fourth-order valence-corrected chi connectivity index (χ4v) is 2.48. The molecular formula is C13H22ClN3. The van der Waals surface area contributed by atoms with Crippen LogP contribution in [-0.4, -0.2) is 22.4 Å². The predicted molar refractivity (Wildman–Crippen MR) is 71.5 cm³/mol. The van der Waals surface area contributed by atoms with Crippen LogP contribution in [0.5, 0.6) is 0 Å². The predicted octanol–water partition coefficient (Wildman–Crippen LogP) is 3.05. The van der Waals surface area contributed by atoms with Crippen molar-refractivity contribution in [3.63, 3.8) is 0 Å². The number of rotatable bonds is 6. The van der Waals surface area contributed by atoms with Crippen molar-refractivity contribution < 1.29 is 0 Å². The molecule has 1 aromatic rings. The van der Waals surface area contributed by atoms with Crippen LogP contribution in [0.3, 0.4) is 0 Å². The summed E-state index contributed by atoms with van der Waals surface area (Å²) in [6.45, 7) is 8.58. The van der Waals surface area contributed by atoms with Gasteiger partial charge in [0.15, 0.2) is 0 Å². The first-order valence-electron chi connectivity index (χ1n) is 6.58. The van der Waals surface area contributed by atoms with E-state index in [9.17, 15) is 0 Å². The van der Waals surface area contributed by atoms with Crippen molar-refractivity contribution in [2.75, 3.05) is 6.54 Å². The molecule has 0 spiro atoms. The van der Waals surface area contributed by atoms with Crippen LogP contribution in [0.25, 0.3) is 0 Å². The second kappa shape index (κ2) is 5.40. The lowest BCUT2D eigenvalue weighted by molar-refractivity contribution is 0.422. The highest BCUT2D eigenvalue weighted by molar-refractivity contribution is 6.31. The molecule has 0 bridgehead atoms. The van der Waals surface area contributed by atoms with Gasteiger partial charge in [-0.1, -0.05) is 25.4 Å². The molecule has 0 amide bonds. The standard InChI is InChI=1S/C13H22ClN3/c1-4-17-13(12(14)8-16-17)10(3)9(2)7-15-11-5-6-11/h8-11,15H,4-7H2,1-3H3. The van der Waals surface area contributed by atoms with E-state index in [4.69, 9.17) is 11.6 Å². The number of hydrogen-bond acceptors (Lipinski definition) is 2. The van der Waals surface area contributed by atoms with Crippen molar-refractivity contribution in [1.82, 2.24) is 15.1 Å². The summed E-state index contributed by atoms with van der Waals surface area (Å²) in [5.74, 6) is 1.02. The number of nitrogens with zero attached hydrogens (tertiary/aromatic N) is 2. The SMILES string of the molecule is CCn1ncc(Cl)c1C(C)C(C)CNC1CC1. The van der Waals surface area contributed by atoms with E-state index < -0.39 is 0 Å². The Kier molecular flexibility index (Phi) is 4.10. The van der Waals surface area contributed by atoms with Gasteiger partial charge in [0, 0.05) is 18.5 Å². The maximum atomic E-state index is 6.23. The lowest BCUT2D eigenvalue weighted by Crippen LogP contribution is -2.27. The van der Waals surface area contributed by atoms with Gasteiger partial charge in [-0.15, -0.1) is 0 Å². The number of aromatic nitrogens is 2. The third kappa shape index (κ3) is 3.02. The number of halogens is 1. The lowest BCUT2D eigenvalue weighted by Gasteiger charge is -2.21. The van der Waals surface area contributed by atoms with Crippen molar-refractivity contribution in [1.29, 1.82) is 0 Å². The molecule has 0 aromatic carbocycles. The zero-order valence-corrected chi connectivity index (χ0v) is 11.7. The van der Waals surface area contributed by atoms with Gasteiger partial charge in [-0.05, 0) is 32.2 Å². The molecule has 2 unspecified atom stereocenters. The number of hydrogen-bond donors (Lipinski definition) is 1. The van der Waals surface area contributed by atoms with Gasteiger partial charge in [-0.3, -0.25) is 4.68 Å². The molecule has 96 valence electrons. The first kappa shape index (κ1) is 12.9. The lowest BCUT2D eigenvalue weighted by atomic mass is 9.92. The fourth-order valence-electron chi connectivity index (χ4n) is 2.16. The Morgan fingerprint density at radius 3 is 2.82 bits per heavy atom. The van der Waals surface area contributed by atoms with E-state index in [-0.39, 0.29) is 0 Å². The van der Waals surface area contributed by atoms with Crippen LogP contribution in [0.4, 0.5) is 0 Å². The minimum absolute atomic E-state index is 0.441.